The van der Waals surface area contributed by atoms with E-state index in [1.165, 1.54) is 6.92 Å². The predicted octanol–water partition coefficient (Wildman–Crippen LogP) is 5.60. The average Bonchev–Trinajstić information content (AvgIpc) is 3.29. The third-order valence-corrected chi connectivity index (χ3v) is 5.95. The van der Waals surface area contributed by atoms with E-state index in [1.807, 2.05) is 56.3 Å². The van der Waals surface area contributed by atoms with Crippen molar-refractivity contribution in [3.63, 3.8) is 0 Å². The van der Waals surface area contributed by atoms with Crippen LogP contribution in [0.3, 0.4) is 0 Å². The van der Waals surface area contributed by atoms with Crippen LogP contribution < -0.4 is 5.32 Å². The highest BCUT2D eigenvalue weighted by Crippen LogP contribution is 2.35. The summed E-state index contributed by atoms with van der Waals surface area (Å²) in [6, 6.07) is 20.1. The molecule has 0 saturated carbocycles. The number of aromatic nitrogens is 4. The van der Waals surface area contributed by atoms with Crippen molar-refractivity contribution in [2.75, 3.05) is 5.32 Å². The number of hydrogen-bond donors (Lipinski definition) is 2. The van der Waals surface area contributed by atoms with Crippen LogP contribution in [-0.2, 0) is 10.2 Å². The number of amides is 1. The molecule has 0 unspecified atom stereocenters. The molecule has 3 aromatic heterocycles. The van der Waals surface area contributed by atoms with Crippen molar-refractivity contribution < 1.29 is 4.79 Å². The van der Waals surface area contributed by atoms with Gasteiger partial charge in [0.15, 0.2) is 0 Å². The first-order valence-electron chi connectivity index (χ1n) is 10.9. The number of nitrogens with one attached hydrogen (secondary N) is 2. The molecule has 5 aromatic rings. The topological polar surface area (TPSA) is 107 Å². The summed E-state index contributed by atoms with van der Waals surface area (Å²) in [7, 11) is 0. The zero-order valence-electron chi connectivity index (χ0n) is 19.0. The maximum Gasteiger partial charge on any atom is 0.222 e. The van der Waals surface area contributed by atoms with Gasteiger partial charge in [-0.3, -0.25) is 14.9 Å². The summed E-state index contributed by atoms with van der Waals surface area (Å²) >= 11 is 0. The fraction of sp³-hybridized carbons (Fsp3) is 0.148. The highest BCUT2D eigenvalue weighted by atomic mass is 16.1. The molecule has 0 saturated heterocycles. The van der Waals surface area contributed by atoms with E-state index >= 15 is 0 Å². The van der Waals surface area contributed by atoms with E-state index in [0.717, 1.165) is 49.8 Å². The maximum atomic E-state index is 11.3. The monoisotopic (exact) mass is 446 g/mol. The Hall–Kier alpha value is -4.57. The van der Waals surface area contributed by atoms with Crippen molar-refractivity contribution in [2.24, 2.45) is 0 Å². The second-order valence-electron chi connectivity index (χ2n) is 8.78. The first-order chi connectivity index (χ1) is 16.4. The molecule has 0 aliphatic rings. The highest BCUT2D eigenvalue weighted by Gasteiger charge is 2.20. The van der Waals surface area contributed by atoms with E-state index in [-0.39, 0.29) is 5.91 Å². The quantitative estimate of drug-likeness (QED) is 0.374. The summed E-state index contributed by atoms with van der Waals surface area (Å²) in [5.74, 6) is 0.359. The van der Waals surface area contributed by atoms with E-state index in [0.29, 0.717) is 5.82 Å². The van der Waals surface area contributed by atoms with Gasteiger partial charge < -0.3 is 5.32 Å². The summed E-state index contributed by atoms with van der Waals surface area (Å²) in [6.07, 6.45) is 3.54. The minimum absolute atomic E-state index is 0.156. The Morgan fingerprint density at radius 1 is 0.971 bits per heavy atom. The summed E-state index contributed by atoms with van der Waals surface area (Å²) in [4.78, 5) is 20.2. The minimum Gasteiger partial charge on any atom is -0.311 e. The minimum atomic E-state index is -0.554. The van der Waals surface area contributed by atoms with Gasteiger partial charge >= 0.3 is 0 Å². The van der Waals surface area contributed by atoms with Crippen LogP contribution >= 0.6 is 0 Å². The van der Waals surface area contributed by atoms with Crippen molar-refractivity contribution in [3.05, 3.63) is 72.6 Å². The molecule has 34 heavy (non-hydrogen) atoms. The van der Waals surface area contributed by atoms with E-state index in [1.54, 1.807) is 18.5 Å². The number of rotatable bonds is 4. The SMILES string of the molecule is CC(=O)Nc1ccc(-c2ccc3ncc4[nH]nc(-c5ccc(C(C)(C)C#N)cc5)c4c3c2)cn1. The van der Waals surface area contributed by atoms with Crippen LogP contribution in [0.15, 0.2) is 67.0 Å². The van der Waals surface area contributed by atoms with E-state index in [9.17, 15) is 10.1 Å². The molecule has 7 nitrogen and oxygen atoms in total. The second kappa shape index (κ2) is 8.09. The van der Waals surface area contributed by atoms with Crippen LogP contribution in [0, 0.1) is 11.3 Å². The largest absolute Gasteiger partial charge is 0.311 e. The molecule has 0 atom stereocenters. The molecule has 2 N–H and O–H groups in total. The van der Waals surface area contributed by atoms with Crippen molar-refractivity contribution in [2.45, 2.75) is 26.2 Å². The molecule has 0 spiro atoms. The number of nitriles is 1. The normalized spacial score (nSPS) is 11.5. The van der Waals surface area contributed by atoms with Gasteiger partial charge in [-0.05, 0) is 49.2 Å². The number of fused-ring (bicyclic) bond motifs is 3. The lowest BCUT2D eigenvalue weighted by Crippen LogP contribution is -2.13. The first-order valence-corrected chi connectivity index (χ1v) is 10.9. The fourth-order valence-electron chi connectivity index (χ4n) is 4.02. The number of nitrogens with zero attached hydrogens (tertiary/aromatic N) is 4. The van der Waals surface area contributed by atoms with Crippen molar-refractivity contribution >= 4 is 33.5 Å². The molecular weight excluding hydrogens is 424 g/mol. The maximum absolute atomic E-state index is 11.3. The molecular formula is C27H22N6O. The van der Waals surface area contributed by atoms with E-state index < -0.39 is 5.41 Å². The number of aromatic amines is 1. The standard InChI is InChI=1S/C27H22N6O/c1-16(34)31-24-11-7-19(13-30-24)18-6-10-22-21(12-18)25-23(14-29-22)32-33-26(25)17-4-8-20(9-5-17)27(2,3)15-28/h4-14H,1-3H3,(H,32,33)(H,30,31,34). The molecule has 5 rings (SSSR count). The van der Waals surface area contributed by atoms with Gasteiger partial charge in [-0.1, -0.05) is 30.3 Å². The van der Waals surface area contributed by atoms with Gasteiger partial charge in [-0.15, -0.1) is 0 Å². The Morgan fingerprint density at radius 3 is 2.38 bits per heavy atom. The number of carbonyl (C=O) groups is 1. The fourth-order valence-corrected chi connectivity index (χ4v) is 4.02. The van der Waals surface area contributed by atoms with Crippen LogP contribution in [-0.4, -0.2) is 26.1 Å². The zero-order chi connectivity index (χ0) is 23.9. The predicted molar refractivity (Wildman–Crippen MR) is 133 cm³/mol. The zero-order valence-corrected chi connectivity index (χ0v) is 19.0. The molecule has 2 aromatic carbocycles. The van der Waals surface area contributed by atoms with Gasteiger partial charge in [-0.25, -0.2) is 4.98 Å². The van der Waals surface area contributed by atoms with Gasteiger partial charge in [-0.2, -0.15) is 10.4 Å². The number of hydrogen-bond acceptors (Lipinski definition) is 5. The third kappa shape index (κ3) is 3.76. The molecule has 0 aliphatic carbocycles. The number of benzene rings is 2. The first kappa shape index (κ1) is 21.3. The lowest BCUT2D eigenvalue weighted by Gasteiger charge is -2.15. The molecule has 7 heteroatoms. The van der Waals surface area contributed by atoms with Crippen LogP contribution in [0.2, 0.25) is 0 Å². The molecule has 0 radical (unpaired) electrons. The van der Waals surface area contributed by atoms with Gasteiger partial charge in [0.05, 0.1) is 28.7 Å². The summed E-state index contributed by atoms with van der Waals surface area (Å²) in [5, 5.41) is 21.8. The Bertz CT molecular complexity index is 1570. The van der Waals surface area contributed by atoms with Crippen LogP contribution in [0.4, 0.5) is 5.82 Å². The Balaban J connectivity index is 1.61. The summed E-state index contributed by atoms with van der Waals surface area (Å²) in [5.41, 5.74) is 5.83. The van der Waals surface area contributed by atoms with Crippen LogP contribution in [0.1, 0.15) is 26.3 Å². The summed E-state index contributed by atoms with van der Waals surface area (Å²) < 4.78 is 0. The second-order valence-corrected chi connectivity index (χ2v) is 8.78. The van der Waals surface area contributed by atoms with Gasteiger partial charge in [0, 0.05) is 35.0 Å². The lowest BCUT2D eigenvalue weighted by molar-refractivity contribution is -0.114. The lowest BCUT2D eigenvalue weighted by atomic mass is 9.86. The number of carbonyl (C=O) groups excluding carboxylic acids is 1. The smallest absolute Gasteiger partial charge is 0.222 e. The van der Waals surface area contributed by atoms with Crippen molar-refractivity contribution in [1.82, 2.24) is 20.2 Å². The third-order valence-electron chi connectivity index (χ3n) is 5.95. The Kier molecular flexibility index (Phi) is 5.06. The molecule has 0 bridgehead atoms. The Morgan fingerprint density at radius 2 is 1.71 bits per heavy atom. The van der Waals surface area contributed by atoms with Crippen LogP contribution in [0.25, 0.3) is 44.2 Å². The van der Waals surface area contributed by atoms with Gasteiger partial charge in [0.2, 0.25) is 5.91 Å². The molecule has 0 aliphatic heterocycles. The number of anilines is 1. The van der Waals surface area contributed by atoms with Gasteiger partial charge in [0.25, 0.3) is 0 Å². The number of H-pyrrole nitrogens is 1. The Labute approximate surface area is 196 Å². The molecule has 3 heterocycles. The summed E-state index contributed by atoms with van der Waals surface area (Å²) in [6.45, 7) is 5.27. The van der Waals surface area contributed by atoms with E-state index in [2.05, 4.69) is 37.6 Å². The molecule has 166 valence electrons. The molecule has 0 fully saturated rings. The number of pyridine rings is 2. The van der Waals surface area contributed by atoms with E-state index in [4.69, 9.17) is 0 Å². The average molecular weight is 447 g/mol. The van der Waals surface area contributed by atoms with Crippen LogP contribution in [0.5, 0.6) is 0 Å². The molecule has 1 amide bonds. The van der Waals surface area contributed by atoms with Crippen molar-refractivity contribution in [3.8, 4) is 28.5 Å². The van der Waals surface area contributed by atoms with Crippen molar-refractivity contribution in [1.29, 1.82) is 5.26 Å². The highest BCUT2D eigenvalue weighted by molar-refractivity contribution is 6.11. The van der Waals surface area contributed by atoms with Gasteiger partial charge in [0.1, 0.15) is 11.5 Å².